The van der Waals surface area contributed by atoms with Crippen molar-refractivity contribution in [2.75, 3.05) is 0 Å². The number of rotatable bonds is 2. The quantitative estimate of drug-likeness (QED) is 0.378. The summed E-state index contributed by atoms with van der Waals surface area (Å²) in [5.41, 5.74) is 2.21. The van der Waals surface area contributed by atoms with Crippen LogP contribution in [0.15, 0.2) is 10.6 Å². The molecule has 1 aliphatic rings. The zero-order valence-electron chi connectivity index (χ0n) is 10.9. The average molecular weight is 1090 g/mol. The molecule has 1 nitrogen and oxygen atoms in total. The molecule has 0 amide bonds. The van der Waals surface area contributed by atoms with Gasteiger partial charge in [0.25, 0.3) is 0 Å². The van der Waals surface area contributed by atoms with Crippen LogP contribution in [0.25, 0.3) is 0 Å². The van der Waals surface area contributed by atoms with Crippen molar-refractivity contribution in [1.29, 1.82) is 0 Å². The van der Waals surface area contributed by atoms with Gasteiger partial charge in [0.05, 0.1) is 0 Å². The van der Waals surface area contributed by atoms with Gasteiger partial charge < -0.3 is 0 Å². The first-order valence-corrected chi connectivity index (χ1v) is 7.92. The molecule has 0 saturated heterocycles. The van der Waals surface area contributed by atoms with Crippen LogP contribution in [0.4, 0.5) is 0 Å². The summed E-state index contributed by atoms with van der Waals surface area (Å²) in [5.74, 6) is 1.22. The predicted molar refractivity (Wildman–Crippen MR) is 59.6 cm³/mol. The summed E-state index contributed by atoms with van der Waals surface area (Å²) in [6.45, 7) is 14.3. The molecule has 0 saturated carbocycles. The molecule has 0 atom stereocenters. The fourth-order valence-electron chi connectivity index (χ4n) is 0.846. The van der Waals surface area contributed by atoms with Gasteiger partial charge in [0.2, 0.25) is 0 Å². The molecule has 0 radical (unpaired) electrons. The summed E-state index contributed by atoms with van der Waals surface area (Å²) >= 11 is 2.83. The molecule has 0 bridgehead atoms. The van der Waals surface area contributed by atoms with Crippen LogP contribution < -0.4 is 0 Å². The Bertz CT molecular complexity index is 295. The number of aliphatic imine (C=N–C) groups is 1. The summed E-state index contributed by atoms with van der Waals surface area (Å²) in [6.07, 6.45) is 0.899. The maximum absolute atomic E-state index is 5.69. The van der Waals surface area contributed by atoms with Crippen molar-refractivity contribution in [3.63, 3.8) is 0 Å². The van der Waals surface area contributed by atoms with Gasteiger partial charge in [-0.05, 0) is 0 Å². The molecule has 0 fully saturated rings. The first-order valence-electron chi connectivity index (χ1n) is 4.99. The molecule has 0 aromatic heterocycles. The van der Waals surface area contributed by atoms with Crippen molar-refractivity contribution in [3.05, 3.63) is 12.2 Å². The Morgan fingerprint density at radius 3 is 1.67 bits per heavy atom. The molecule has 1 aliphatic heterocycles. The second-order valence-electron chi connectivity index (χ2n) is 4.04. The monoisotopic (exact) mass is 1090 g/mol. The molecule has 0 N–H and O–H groups in total. The summed E-state index contributed by atoms with van der Waals surface area (Å²) in [7, 11) is 0. The number of hydrogen-bond acceptors (Lipinski definition) is 1. The third kappa shape index (κ3) is 13.6. The van der Waals surface area contributed by atoms with Gasteiger partial charge >= 0.3 is 116 Å². The second kappa shape index (κ2) is 16.0. The van der Waals surface area contributed by atoms with E-state index in [0.717, 1.165) is 16.0 Å². The van der Waals surface area contributed by atoms with E-state index in [0.29, 0.717) is 11.8 Å². The minimum atomic E-state index is 0. The van der Waals surface area contributed by atoms with Crippen molar-refractivity contribution < 1.29 is 102 Å². The molecule has 1 rings (SSSR count). The molecule has 18 heavy (non-hydrogen) atoms. The molecule has 0 unspecified atom stereocenters. The summed E-state index contributed by atoms with van der Waals surface area (Å²) in [5, 5.41) is 0. The molecule has 6 heteroatoms. The first-order chi connectivity index (χ1) is 6.88. The third-order valence-electron chi connectivity index (χ3n) is 1.79. The molecule has 1 heterocycles. The minimum Gasteiger partial charge on any atom is 0 e. The molecular weight excluding hydrogens is 1080 g/mol. The second-order valence-corrected chi connectivity index (χ2v) is 6.27. The minimum absolute atomic E-state index is 0. The normalized spacial score (nSPS) is 12.7. The largest absolute Gasteiger partial charge is 0 e. The summed E-state index contributed by atoms with van der Waals surface area (Å²) < 4.78 is 4.20. The standard InChI is InChI=1S/C8H10N.C4H7.5W/c1-6(2)8-4-7(3)5-9-8;1-4(2)3;;;;;/h3,6H,4H2,1-2H3;4H,1-2H3;;;;;/q2*-1;;;;;. The van der Waals surface area contributed by atoms with Gasteiger partial charge in [0, 0.05) is 63.2 Å². The van der Waals surface area contributed by atoms with Crippen molar-refractivity contribution in [2.24, 2.45) is 16.8 Å². The van der Waals surface area contributed by atoms with E-state index in [4.69, 9.17) is 6.58 Å². The average Bonchev–Trinajstić information content (AvgIpc) is 2.48. The van der Waals surface area contributed by atoms with Crippen molar-refractivity contribution in [2.45, 2.75) is 34.1 Å². The molecular formula is C12H17NW5-2. The van der Waals surface area contributed by atoms with E-state index in [1.807, 2.05) is 0 Å². The van der Waals surface area contributed by atoms with E-state index in [-0.39, 0.29) is 63.2 Å². The molecule has 0 aromatic carbocycles. The fraction of sp³-hybridized carbons (Fsp3) is 0.583. The Labute approximate surface area is 176 Å². The Balaban J connectivity index is -0.000000109. The molecule has 0 aliphatic carbocycles. The van der Waals surface area contributed by atoms with Crippen LogP contribution in [0.5, 0.6) is 0 Å². The molecule has 0 spiro atoms. The van der Waals surface area contributed by atoms with E-state index >= 15 is 0 Å². The van der Waals surface area contributed by atoms with Crippen LogP contribution in [0.2, 0.25) is 0 Å². The Morgan fingerprint density at radius 1 is 1.17 bits per heavy atom. The zero-order valence-corrected chi connectivity index (χ0v) is 25.6. The maximum Gasteiger partial charge on any atom is 0 e. The van der Waals surface area contributed by atoms with Crippen LogP contribution in [0.1, 0.15) is 34.1 Å². The van der Waals surface area contributed by atoms with Gasteiger partial charge in [0.1, 0.15) is 0 Å². The van der Waals surface area contributed by atoms with Gasteiger partial charge in [-0.25, -0.2) is 0 Å². The Morgan fingerprint density at radius 2 is 1.56 bits per heavy atom. The number of hydrogen-bond donors (Lipinski definition) is 0. The zero-order chi connectivity index (χ0) is 12.0. The van der Waals surface area contributed by atoms with Crippen LogP contribution in [0, 0.1) is 18.4 Å². The first kappa shape index (κ1) is 28.7. The topological polar surface area (TPSA) is 12.4 Å². The van der Waals surface area contributed by atoms with E-state index in [9.17, 15) is 0 Å². The fourth-order valence-corrected chi connectivity index (χ4v) is 1.53. The maximum atomic E-state index is 5.69. The Kier molecular flexibility index (Phi) is 25.5. The van der Waals surface area contributed by atoms with Gasteiger partial charge in [-0.3, -0.25) is 0 Å². The summed E-state index contributed by atoms with van der Waals surface area (Å²) in [6, 6.07) is 0. The van der Waals surface area contributed by atoms with Crippen molar-refractivity contribution >= 4 is 14.1 Å². The van der Waals surface area contributed by atoms with Gasteiger partial charge in [-0.15, -0.1) is 0 Å². The van der Waals surface area contributed by atoms with E-state index in [1.165, 1.54) is 44.4 Å². The molecule has 102 valence electrons. The Hall–Kier alpha value is 2.59. The van der Waals surface area contributed by atoms with E-state index in [1.54, 1.807) is 0 Å². The van der Waals surface area contributed by atoms with Crippen LogP contribution in [0.3, 0.4) is 0 Å². The third-order valence-corrected chi connectivity index (χ3v) is 4.76. The van der Waals surface area contributed by atoms with Crippen LogP contribution in [-0.2, 0) is 102 Å². The smallest absolute Gasteiger partial charge is 0 e. The van der Waals surface area contributed by atoms with E-state index < -0.39 is 0 Å². The van der Waals surface area contributed by atoms with Crippen LogP contribution in [-0.4, -0.2) is 14.1 Å². The van der Waals surface area contributed by atoms with Gasteiger partial charge in [-0.1, -0.05) is 0 Å². The van der Waals surface area contributed by atoms with Gasteiger partial charge in [-0.2, -0.15) is 0 Å². The predicted octanol–water partition coefficient (Wildman–Crippen LogP) is 2.38. The number of nitrogens with zero attached hydrogens (tertiary/aromatic N) is 1. The van der Waals surface area contributed by atoms with Gasteiger partial charge in [0.15, 0.2) is 0 Å². The van der Waals surface area contributed by atoms with Crippen molar-refractivity contribution in [1.82, 2.24) is 0 Å². The molecule has 0 aromatic rings. The van der Waals surface area contributed by atoms with Crippen LogP contribution >= 0.6 is 0 Å². The van der Waals surface area contributed by atoms with E-state index in [2.05, 4.69) is 37.1 Å². The summed E-state index contributed by atoms with van der Waals surface area (Å²) in [4.78, 5) is 4.38. The SMILES string of the molecule is CC(C)[C-]=[W].[CH-]=C1CC(C(C)C)=N[C]1=[W].[W].[W].[W]. The van der Waals surface area contributed by atoms with Crippen molar-refractivity contribution in [3.8, 4) is 0 Å².